The van der Waals surface area contributed by atoms with Crippen LogP contribution >= 0.6 is 0 Å². The molecule has 1 aliphatic rings. The molecule has 0 aliphatic carbocycles. The molecule has 2 heterocycles. The Hall–Kier alpha value is -2.79. The van der Waals surface area contributed by atoms with Gasteiger partial charge in [0.15, 0.2) is 0 Å². The number of nitrogens with zero attached hydrogens (tertiary/aromatic N) is 2. The van der Waals surface area contributed by atoms with E-state index >= 15 is 0 Å². The van der Waals surface area contributed by atoms with Gasteiger partial charge in [0.2, 0.25) is 0 Å². The Bertz CT molecular complexity index is 986. The molecule has 4 nitrogen and oxygen atoms in total. The highest BCUT2D eigenvalue weighted by molar-refractivity contribution is 6.13. The molecule has 0 unspecified atom stereocenters. The number of carbonyl (C=O) groups excluding carboxylic acids is 1. The number of amides is 1. The summed E-state index contributed by atoms with van der Waals surface area (Å²) in [5.41, 5.74) is 3.88. The maximum Gasteiger partial charge on any atom is 0.256 e. The van der Waals surface area contributed by atoms with Crippen LogP contribution in [0.4, 0.5) is 10.1 Å². The van der Waals surface area contributed by atoms with Crippen molar-refractivity contribution < 1.29 is 9.18 Å². The van der Waals surface area contributed by atoms with Gasteiger partial charge in [-0.1, -0.05) is 31.2 Å². The van der Waals surface area contributed by atoms with Crippen LogP contribution in [-0.2, 0) is 13.0 Å². The molecule has 0 bridgehead atoms. The molecule has 132 valence electrons. The molecule has 1 N–H and O–H groups in total. The molecule has 1 amide bonds. The minimum Gasteiger partial charge on any atom is -0.322 e. The number of carbonyl (C=O) groups is 1. The molecule has 0 spiro atoms. The zero-order valence-electron chi connectivity index (χ0n) is 14.6. The molecule has 0 saturated heterocycles. The van der Waals surface area contributed by atoms with E-state index in [2.05, 4.69) is 17.1 Å². The maximum absolute atomic E-state index is 13.5. The van der Waals surface area contributed by atoms with Gasteiger partial charge in [-0.05, 0) is 30.8 Å². The minimum atomic E-state index is -0.374. The lowest BCUT2D eigenvalue weighted by molar-refractivity contribution is 0.102. The zero-order valence-corrected chi connectivity index (χ0v) is 14.6. The molecule has 1 aromatic heterocycles. The number of anilines is 1. The van der Waals surface area contributed by atoms with Crippen molar-refractivity contribution in [3.05, 3.63) is 71.2 Å². The van der Waals surface area contributed by atoms with Gasteiger partial charge in [-0.3, -0.25) is 14.7 Å². The van der Waals surface area contributed by atoms with E-state index in [1.54, 1.807) is 12.1 Å². The van der Waals surface area contributed by atoms with Crippen molar-refractivity contribution in [2.75, 3.05) is 18.4 Å². The number of fused-ring (bicyclic) bond motifs is 2. The third-order valence-corrected chi connectivity index (χ3v) is 4.88. The van der Waals surface area contributed by atoms with Gasteiger partial charge in [0.1, 0.15) is 5.82 Å². The topological polar surface area (TPSA) is 45.2 Å². The largest absolute Gasteiger partial charge is 0.322 e. The summed E-state index contributed by atoms with van der Waals surface area (Å²) in [4.78, 5) is 20.2. The van der Waals surface area contributed by atoms with Crippen LogP contribution in [0.3, 0.4) is 0 Å². The monoisotopic (exact) mass is 349 g/mol. The number of pyridine rings is 1. The normalized spacial score (nSPS) is 14.2. The van der Waals surface area contributed by atoms with Crippen LogP contribution in [0.5, 0.6) is 0 Å². The van der Waals surface area contributed by atoms with Crippen LogP contribution in [0, 0.1) is 5.82 Å². The number of hydrogen-bond donors (Lipinski definition) is 1. The van der Waals surface area contributed by atoms with Crippen LogP contribution < -0.4 is 5.32 Å². The Labute approximate surface area is 151 Å². The van der Waals surface area contributed by atoms with Gasteiger partial charge in [-0.25, -0.2) is 4.39 Å². The van der Waals surface area contributed by atoms with Crippen molar-refractivity contribution >= 4 is 22.5 Å². The van der Waals surface area contributed by atoms with Crippen LogP contribution in [-0.4, -0.2) is 28.9 Å². The first kappa shape index (κ1) is 16.7. The van der Waals surface area contributed by atoms with Crippen molar-refractivity contribution in [3.8, 4) is 0 Å². The van der Waals surface area contributed by atoms with Gasteiger partial charge >= 0.3 is 0 Å². The van der Waals surface area contributed by atoms with Crippen LogP contribution in [0.2, 0.25) is 0 Å². The van der Waals surface area contributed by atoms with E-state index in [0.29, 0.717) is 17.8 Å². The third-order valence-electron chi connectivity index (χ3n) is 4.88. The predicted octanol–water partition coefficient (Wildman–Crippen LogP) is 4.00. The lowest BCUT2D eigenvalue weighted by atomic mass is 9.95. The molecule has 1 aliphatic heterocycles. The first-order valence-corrected chi connectivity index (χ1v) is 8.85. The Morgan fingerprint density at radius 3 is 2.88 bits per heavy atom. The van der Waals surface area contributed by atoms with E-state index in [9.17, 15) is 9.18 Å². The maximum atomic E-state index is 13.5. The van der Waals surface area contributed by atoms with Crippen molar-refractivity contribution in [1.29, 1.82) is 0 Å². The molecule has 0 fully saturated rings. The third kappa shape index (κ3) is 3.06. The highest BCUT2D eigenvalue weighted by atomic mass is 19.1. The van der Waals surface area contributed by atoms with Crippen LogP contribution in [0.1, 0.15) is 28.5 Å². The number of halogens is 1. The highest BCUT2D eigenvalue weighted by Gasteiger charge is 2.25. The average molecular weight is 349 g/mol. The lowest BCUT2D eigenvalue weighted by Crippen LogP contribution is -2.33. The van der Waals surface area contributed by atoms with Crippen molar-refractivity contribution in [3.63, 3.8) is 0 Å². The molecule has 26 heavy (non-hydrogen) atoms. The first-order chi connectivity index (χ1) is 12.7. The van der Waals surface area contributed by atoms with Gasteiger partial charge in [0.05, 0.1) is 11.1 Å². The number of para-hydroxylation sites is 1. The van der Waals surface area contributed by atoms with E-state index in [4.69, 9.17) is 4.98 Å². The summed E-state index contributed by atoms with van der Waals surface area (Å²) in [5.74, 6) is -0.593. The Morgan fingerprint density at radius 1 is 1.23 bits per heavy atom. The molecular formula is C21H20FN3O. The molecule has 3 aromatic rings. The van der Waals surface area contributed by atoms with Gasteiger partial charge in [-0.15, -0.1) is 0 Å². The number of likely N-dealkylation sites (N-methyl/N-ethyl adjacent to an activating group) is 1. The number of nitrogens with one attached hydrogen (secondary N) is 1. The second kappa shape index (κ2) is 6.84. The molecule has 0 radical (unpaired) electrons. The summed E-state index contributed by atoms with van der Waals surface area (Å²) in [7, 11) is 0. The summed E-state index contributed by atoms with van der Waals surface area (Å²) >= 11 is 0. The van der Waals surface area contributed by atoms with E-state index < -0.39 is 0 Å². The summed E-state index contributed by atoms with van der Waals surface area (Å²) in [5, 5.41) is 3.68. The van der Waals surface area contributed by atoms with Crippen molar-refractivity contribution in [1.82, 2.24) is 9.88 Å². The zero-order chi connectivity index (χ0) is 18.1. The lowest BCUT2D eigenvalue weighted by Gasteiger charge is -2.29. The Kier molecular flexibility index (Phi) is 4.39. The second-order valence-electron chi connectivity index (χ2n) is 6.51. The minimum absolute atomic E-state index is 0.219. The van der Waals surface area contributed by atoms with E-state index in [1.165, 1.54) is 12.1 Å². The van der Waals surface area contributed by atoms with Crippen molar-refractivity contribution in [2.24, 2.45) is 0 Å². The average Bonchev–Trinajstić information content (AvgIpc) is 2.65. The molecule has 0 saturated carbocycles. The van der Waals surface area contributed by atoms with Crippen molar-refractivity contribution in [2.45, 2.75) is 19.9 Å². The number of hydrogen-bond acceptors (Lipinski definition) is 3. The van der Waals surface area contributed by atoms with E-state index in [0.717, 1.165) is 41.7 Å². The smallest absolute Gasteiger partial charge is 0.256 e. The van der Waals surface area contributed by atoms with Crippen LogP contribution in [0.15, 0.2) is 48.5 Å². The highest BCUT2D eigenvalue weighted by Crippen LogP contribution is 2.29. The fraction of sp³-hybridized carbons (Fsp3) is 0.238. The molecule has 0 atom stereocenters. The summed E-state index contributed by atoms with van der Waals surface area (Å²) in [6.07, 6.45) is 0.828. The van der Waals surface area contributed by atoms with Gasteiger partial charge in [0.25, 0.3) is 5.91 Å². The molecule has 2 aromatic carbocycles. The van der Waals surface area contributed by atoms with E-state index in [1.807, 2.05) is 24.3 Å². The first-order valence-electron chi connectivity index (χ1n) is 8.85. The number of rotatable bonds is 3. The fourth-order valence-corrected chi connectivity index (χ4v) is 3.54. The summed E-state index contributed by atoms with van der Waals surface area (Å²) in [6, 6.07) is 13.7. The standard InChI is InChI=1S/C21H20FN3O/c1-2-25-11-10-19-17(13-25)20(16-8-3-4-9-18(16)24-19)21(26)23-15-7-5-6-14(22)12-15/h3-9,12H,2,10-11,13H2,1H3,(H,23,26). The van der Waals surface area contributed by atoms with Crippen LogP contribution in [0.25, 0.3) is 10.9 Å². The van der Waals surface area contributed by atoms with Gasteiger partial charge in [0, 0.05) is 41.8 Å². The predicted molar refractivity (Wildman–Crippen MR) is 101 cm³/mol. The Morgan fingerprint density at radius 2 is 2.08 bits per heavy atom. The fourth-order valence-electron chi connectivity index (χ4n) is 3.54. The molecular weight excluding hydrogens is 329 g/mol. The quantitative estimate of drug-likeness (QED) is 0.777. The Balaban J connectivity index is 1.83. The summed E-state index contributed by atoms with van der Waals surface area (Å²) in [6.45, 7) is 4.69. The second-order valence-corrected chi connectivity index (χ2v) is 6.51. The molecule has 4 rings (SSSR count). The number of benzene rings is 2. The van der Waals surface area contributed by atoms with Gasteiger partial charge in [-0.2, -0.15) is 0 Å². The number of aromatic nitrogens is 1. The summed E-state index contributed by atoms with van der Waals surface area (Å²) < 4.78 is 13.5. The van der Waals surface area contributed by atoms with E-state index in [-0.39, 0.29) is 11.7 Å². The van der Waals surface area contributed by atoms with Gasteiger partial charge < -0.3 is 5.32 Å². The molecule has 5 heteroatoms. The SMILES string of the molecule is CCN1CCc2nc3ccccc3c(C(=O)Nc3cccc(F)c3)c2C1.